The van der Waals surface area contributed by atoms with Crippen molar-refractivity contribution in [2.75, 3.05) is 6.54 Å². The summed E-state index contributed by atoms with van der Waals surface area (Å²) < 4.78 is 37.8. The molecule has 1 aromatic rings. The van der Waals surface area contributed by atoms with E-state index >= 15 is 0 Å². The smallest absolute Gasteiger partial charge is 0.386 e. The van der Waals surface area contributed by atoms with E-state index < -0.39 is 36.2 Å². The van der Waals surface area contributed by atoms with E-state index in [2.05, 4.69) is 5.32 Å². The third kappa shape index (κ3) is 4.05. The van der Waals surface area contributed by atoms with Crippen LogP contribution in [0.2, 0.25) is 0 Å². The Morgan fingerprint density at radius 1 is 1.29 bits per heavy atom. The van der Waals surface area contributed by atoms with E-state index in [0.29, 0.717) is 16.9 Å². The fourth-order valence-electron chi connectivity index (χ4n) is 2.78. The highest BCUT2D eigenvalue weighted by atomic mass is 19.4. The normalized spacial score (nSPS) is 20.5. The number of alkyl halides is 3. The number of carbonyl (C=O) groups is 2. The van der Waals surface area contributed by atoms with Crippen LogP contribution >= 0.6 is 0 Å². The number of amides is 2. The van der Waals surface area contributed by atoms with Crippen LogP contribution in [-0.2, 0) is 9.59 Å². The molecule has 3 atom stereocenters. The van der Waals surface area contributed by atoms with Crippen LogP contribution in [0.3, 0.4) is 0 Å². The second-order valence-electron chi connectivity index (χ2n) is 5.81. The number of hydrogen-bond donors (Lipinski definition) is 2. The molecule has 0 saturated carbocycles. The van der Waals surface area contributed by atoms with Crippen LogP contribution in [0.15, 0.2) is 30.3 Å². The Morgan fingerprint density at radius 3 is 2.50 bits per heavy atom. The monoisotopic (exact) mass is 344 g/mol. The molecule has 1 aliphatic heterocycles. The zero-order valence-electron chi connectivity index (χ0n) is 13.1. The highest BCUT2D eigenvalue weighted by molar-refractivity contribution is 5.90. The third-order valence-corrected chi connectivity index (χ3v) is 4.04. The van der Waals surface area contributed by atoms with Crippen LogP contribution < -0.4 is 5.32 Å². The minimum Gasteiger partial charge on any atom is -0.386 e. The summed E-state index contributed by atoms with van der Waals surface area (Å²) in [4.78, 5) is 24.2. The molecule has 1 heterocycles. The molecule has 2 rings (SSSR count). The Bertz CT molecular complexity index is 592. The summed E-state index contributed by atoms with van der Waals surface area (Å²) >= 11 is 0. The molecule has 0 aromatic heterocycles. The van der Waals surface area contributed by atoms with E-state index in [1.165, 1.54) is 0 Å². The van der Waals surface area contributed by atoms with Crippen LogP contribution in [-0.4, -0.2) is 46.6 Å². The van der Waals surface area contributed by atoms with E-state index in [1.54, 1.807) is 37.3 Å². The molecule has 1 saturated heterocycles. The second-order valence-corrected chi connectivity index (χ2v) is 5.81. The summed E-state index contributed by atoms with van der Waals surface area (Å²) in [6.45, 7) is 1.45. The topological polar surface area (TPSA) is 69.6 Å². The first-order valence-corrected chi connectivity index (χ1v) is 7.63. The maximum Gasteiger partial charge on any atom is 0.471 e. The van der Waals surface area contributed by atoms with Crippen molar-refractivity contribution in [2.24, 2.45) is 0 Å². The summed E-state index contributed by atoms with van der Waals surface area (Å²) in [7, 11) is 0. The van der Waals surface area contributed by atoms with Crippen molar-refractivity contribution in [1.29, 1.82) is 0 Å². The van der Waals surface area contributed by atoms with Crippen molar-refractivity contribution >= 4 is 11.8 Å². The molecule has 0 spiro atoms. The lowest BCUT2D eigenvalue weighted by molar-refractivity contribution is -0.186. The molecule has 132 valence electrons. The van der Waals surface area contributed by atoms with E-state index in [4.69, 9.17) is 0 Å². The Hall–Kier alpha value is -2.09. The molecule has 1 fully saturated rings. The molecule has 0 aliphatic carbocycles. The average molecular weight is 344 g/mol. The maximum absolute atomic E-state index is 12.6. The lowest BCUT2D eigenvalue weighted by atomic mass is 10.0. The molecule has 2 amide bonds. The number of rotatable bonds is 4. The molecule has 0 radical (unpaired) electrons. The highest BCUT2D eigenvalue weighted by Crippen LogP contribution is 2.26. The zero-order valence-corrected chi connectivity index (χ0v) is 13.1. The van der Waals surface area contributed by atoms with Crippen molar-refractivity contribution in [3.05, 3.63) is 35.9 Å². The maximum atomic E-state index is 12.6. The van der Waals surface area contributed by atoms with Gasteiger partial charge in [0.1, 0.15) is 6.04 Å². The van der Waals surface area contributed by atoms with Gasteiger partial charge >= 0.3 is 12.1 Å². The Balaban J connectivity index is 2.02. The largest absolute Gasteiger partial charge is 0.471 e. The molecule has 2 N–H and O–H groups in total. The van der Waals surface area contributed by atoms with Crippen molar-refractivity contribution in [2.45, 2.75) is 44.1 Å². The molecule has 1 aliphatic rings. The van der Waals surface area contributed by atoms with Crippen molar-refractivity contribution in [1.82, 2.24) is 10.2 Å². The first-order valence-electron chi connectivity index (χ1n) is 7.63. The van der Waals surface area contributed by atoms with Gasteiger partial charge in [-0.25, -0.2) is 0 Å². The Kier molecular flexibility index (Phi) is 5.48. The predicted octanol–water partition coefficient (Wildman–Crippen LogP) is 1.78. The number of nitrogens with one attached hydrogen (secondary N) is 1. The lowest BCUT2D eigenvalue weighted by Crippen LogP contribution is -2.52. The Morgan fingerprint density at radius 2 is 1.92 bits per heavy atom. The molecule has 8 heteroatoms. The number of aliphatic hydroxyl groups is 1. The summed E-state index contributed by atoms with van der Waals surface area (Å²) in [6, 6.07) is 6.73. The first kappa shape index (κ1) is 18.3. The molecular weight excluding hydrogens is 325 g/mol. The minimum absolute atomic E-state index is 0.105. The summed E-state index contributed by atoms with van der Waals surface area (Å²) in [5, 5.41) is 12.7. The van der Waals surface area contributed by atoms with Gasteiger partial charge in [0.15, 0.2) is 0 Å². The van der Waals surface area contributed by atoms with Gasteiger partial charge in [-0.2, -0.15) is 13.2 Å². The average Bonchev–Trinajstić information content (AvgIpc) is 3.02. The summed E-state index contributed by atoms with van der Waals surface area (Å²) in [6.07, 6.45) is -5.50. The van der Waals surface area contributed by atoms with Gasteiger partial charge in [-0.15, -0.1) is 0 Å². The van der Waals surface area contributed by atoms with E-state index in [9.17, 15) is 27.9 Å². The van der Waals surface area contributed by atoms with Crippen molar-refractivity contribution < 1.29 is 27.9 Å². The Labute approximate surface area is 137 Å². The predicted molar refractivity (Wildman–Crippen MR) is 79.8 cm³/mol. The number of halogens is 3. The minimum atomic E-state index is -5.00. The number of benzene rings is 1. The van der Waals surface area contributed by atoms with E-state index in [0.717, 1.165) is 0 Å². The van der Waals surface area contributed by atoms with Gasteiger partial charge in [-0.05, 0) is 25.3 Å². The first-order chi connectivity index (χ1) is 11.2. The van der Waals surface area contributed by atoms with E-state index in [-0.39, 0.29) is 13.0 Å². The number of likely N-dealkylation sites (tertiary alicyclic amines) is 1. The summed E-state index contributed by atoms with van der Waals surface area (Å²) in [5.74, 6) is -2.69. The second kappa shape index (κ2) is 7.21. The molecule has 1 unspecified atom stereocenters. The van der Waals surface area contributed by atoms with Gasteiger partial charge in [0.2, 0.25) is 5.91 Å². The molecule has 0 bridgehead atoms. The highest BCUT2D eigenvalue weighted by Gasteiger charge is 2.47. The van der Waals surface area contributed by atoms with Crippen molar-refractivity contribution in [3.63, 3.8) is 0 Å². The number of nitrogens with zero attached hydrogens (tertiary/aromatic N) is 1. The van der Waals surface area contributed by atoms with Crippen LogP contribution in [0.25, 0.3) is 0 Å². The van der Waals surface area contributed by atoms with Crippen LogP contribution in [0.4, 0.5) is 13.2 Å². The zero-order chi connectivity index (χ0) is 17.9. The molecule has 1 aromatic carbocycles. The molecule has 5 nitrogen and oxygen atoms in total. The third-order valence-electron chi connectivity index (χ3n) is 4.04. The van der Waals surface area contributed by atoms with Gasteiger partial charge in [-0.1, -0.05) is 30.3 Å². The standard InChI is InChI=1S/C16H19F3N2O3/c1-10(13(22)11-6-3-2-4-7-11)20-14(23)12-8-5-9-21(12)15(24)16(17,18)19/h2-4,6-7,10,12-13,22H,5,8-9H2,1H3,(H,20,23)/t10-,12?,13+/m0/s1. The number of carbonyl (C=O) groups excluding carboxylic acids is 2. The number of hydrogen-bond acceptors (Lipinski definition) is 3. The lowest BCUT2D eigenvalue weighted by Gasteiger charge is -2.27. The van der Waals surface area contributed by atoms with Crippen LogP contribution in [0.1, 0.15) is 31.4 Å². The SMILES string of the molecule is C[C@H](NC(=O)C1CCCN1C(=O)C(F)(F)F)[C@@H](O)c1ccccc1. The van der Waals surface area contributed by atoms with Crippen LogP contribution in [0, 0.1) is 0 Å². The van der Waals surface area contributed by atoms with Crippen molar-refractivity contribution in [3.8, 4) is 0 Å². The van der Waals surface area contributed by atoms with Gasteiger partial charge in [0.05, 0.1) is 12.1 Å². The summed E-state index contributed by atoms with van der Waals surface area (Å²) in [5.41, 5.74) is 0.583. The fraction of sp³-hybridized carbons (Fsp3) is 0.500. The molecule has 24 heavy (non-hydrogen) atoms. The number of aliphatic hydroxyl groups excluding tert-OH is 1. The van der Waals surface area contributed by atoms with Crippen LogP contribution in [0.5, 0.6) is 0 Å². The van der Waals surface area contributed by atoms with Gasteiger partial charge < -0.3 is 15.3 Å². The quantitative estimate of drug-likeness (QED) is 0.875. The van der Waals surface area contributed by atoms with Gasteiger partial charge in [0, 0.05) is 6.54 Å². The van der Waals surface area contributed by atoms with Gasteiger partial charge in [-0.3, -0.25) is 9.59 Å². The molecular formula is C16H19F3N2O3. The van der Waals surface area contributed by atoms with Gasteiger partial charge in [0.25, 0.3) is 0 Å². The van der Waals surface area contributed by atoms with E-state index in [1.807, 2.05) is 0 Å². The fourth-order valence-corrected chi connectivity index (χ4v) is 2.78.